The van der Waals surface area contributed by atoms with Crippen LogP contribution in [0.5, 0.6) is 5.75 Å². The summed E-state index contributed by atoms with van der Waals surface area (Å²) in [6.45, 7) is 2.62. The molecule has 2 aromatic rings. The molecule has 1 N–H and O–H groups in total. The lowest BCUT2D eigenvalue weighted by atomic mass is 10.1. The van der Waals surface area contributed by atoms with Gasteiger partial charge in [-0.05, 0) is 62.4 Å². The summed E-state index contributed by atoms with van der Waals surface area (Å²) in [5.74, 6) is -0.108. The third-order valence-electron chi connectivity index (χ3n) is 6.15. The second-order valence-electron chi connectivity index (χ2n) is 8.37. The molecule has 0 unspecified atom stereocenters. The van der Waals surface area contributed by atoms with Gasteiger partial charge in [0.2, 0.25) is 0 Å². The first-order valence-electron chi connectivity index (χ1n) is 11.3. The molecule has 2 saturated heterocycles. The summed E-state index contributed by atoms with van der Waals surface area (Å²) in [5, 5.41) is 0. The van der Waals surface area contributed by atoms with E-state index in [9.17, 15) is 18.0 Å². The van der Waals surface area contributed by atoms with Crippen molar-refractivity contribution in [1.29, 1.82) is 0 Å². The first-order valence-corrected chi connectivity index (χ1v) is 12.8. The van der Waals surface area contributed by atoms with Crippen molar-refractivity contribution in [2.45, 2.75) is 37.0 Å². The predicted octanol–water partition coefficient (Wildman–Crippen LogP) is 3.36. The van der Waals surface area contributed by atoms with Gasteiger partial charge in [0, 0.05) is 26.2 Å². The van der Waals surface area contributed by atoms with Crippen molar-refractivity contribution in [3.63, 3.8) is 0 Å². The number of hydrogen-bond donors (Lipinski definition) is 1. The Kier molecular flexibility index (Phi) is 6.88. The second-order valence-corrected chi connectivity index (χ2v) is 10.0. The van der Waals surface area contributed by atoms with E-state index in [4.69, 9.17) is 4.74 Å². The Hall–Kier alpha value is -3.07. The molecule has 0 aliphatic carbocycles. The molecule has 2 heterocycles. The molecule has 0 radical (unpaired) electrons. The van der Waals surface area contributed by atoms with E-state index in [1.165, 1.54) is 25.3 Å². The minimum absolute atomic E-state index is 0.0629. The van der Waals surface area contributed by atoms with Crippen molar-refractivity contribution < 1.29 is 22.7 Å². The smallest absolute Gasteiger partial charge is 0.261 e. The molecule has 2 aliphatic rings. The highest BCUT2D eigenvalue weighted by molar-refractivity contribution is 7.92. The number of benzene rings is 2. The minimum atomic E-state index is -4.05. The first-order chi connectivity index (χ1) is 15.9. The number of methoxy groups -OCH3 is 1. The van der Waals surface area contributed by atoms with Gasteiger partial charge in [-0.15, -0.1) is 0 Å². The van der Waals surface area contributed by atoms with Crippen LogP contribution >= 0.6 is 0 Å². The monoisotopic (exact) mass is 471 g/mol. The Balaban J connectivity index is 1.63. The molecule has 2 amide bonds. The van der Waals surface area contributed by atoms with Gasteiger partial charge in [-0.3, -0.25) is 14.3 Å². The summed E-state index contributed by atoms with van der Waals surface area (Å²) in [7, 11) is -2.60. The van der Waals surface area contributed by atoms with Gasteiger partial charge in [0.05, 0.1) is 28.8 Å². The molecule has 8 nitrogen and oxygen atoms in total. The SMILES string of the molecule is COc1ccc(S(=O)(=O)Nc2ccccc2C(=O)N2CCCC2)cc1C(=O)N1CCCCC1. The van der Waals surface area contributed by atoms with Crippen molar-refractivity contribution in [2.24, 2.45) is 0 Å². The van der Waals surface area contributed by atoms with Crippen LogP contribution in [0, 0.1) is 0 Å². The lowest BCUT2D eigenvalue weighted by Gasteiger charge is -2.27. The topological polar surface area (TPSA) is 96.0 Å². The fourth-order valence-electron chi connectivity index (χ4n) is 4.34. The Morgan fingerprint density at radius 1 is 0.818 bits per heavy atom. The minimum Gasteiger partial charge on any atom is -0.496 e. The second kappa shape index (κ2) is 9.82. The van der Waals surface area contributed by atoms with Crippen molar-refractivity contribution >= 4 is 27.5 Å². The number of rotatable bonds is 6. The van der Waals surface area contributed by atoms with E-state index in [2.05, 4.69) is 4.72 Å². The standard InChI is InChI=1S/C24H29N3O5S/c1-32-22-12-11-18(17-20(22)24(29)27-13-5-2-6-14-27)33(30,31)25-21-10-4-3-9-19(21)23(28)26-15-7-8-16-26/h3-4,9-12,17,25H,2,5-8,13-16H2,1H3. The summed E-state index contributed by atoms with van der Waals surface area (Å²) < 4.78 is 34.4. The van der Waals surface area contributed by atoms with Gasteiger partial charge in [-0.1, -0.05) is 12.1 Å². The van der Waals surface area contributed by atoms with E-state index in [1.807, 2.05) is 0 Å². The molecular weight excluding hydrogens is 442 g/mol. The Morgan fingerprint density at radius 3 is 2.03 bits per heavy atom. The van der Waals surface area contributed by atoms with Gasteiger partial charge in [0.1, 0.15) is 5.75 Å². The van der Waals surface area contributed by atoms with E-state index in [-0.39, 0.29) is 28.0 Å². The maximum atomic E-state index is 13.2. The van der Waals surface area contributed by atoms with Crippen LogP contribution in [-0.2, 0) is 10.0 Å². The molecule has 9 heteroatoms. The number of ether oxygens (including phenoxy) is 1. The van der Waals surface area contributed by atoms with Crippen LogP contribution in [-0.4, -0.2) is 63.3 Å². The van der Waals surface area contributed by atoms with Crippen molar-refractivity contribution in [2.75, 3.05) is 38.0 Å². The summed E-state index contributed by atoms with van der Waals surface area (Å²) in [4.78, 5) is 29.4. The van der Waals surface area contributed by atoms with Gasteiger partial charge in [-0.25, -0.2) is 8.42 Å². The number of carbonyl (C=O) groups excluding carboxylic acids is 2. The molecule has 2 aromatic carbocycles. The number of hydrogen-bond acceptors (Lipinski definition) is 5. The van der Waals surface area contributed by atoms with Gasteiger partial charge >= 0.3 is 0 Å². The Labute approximate surface area is 194 Å². The maximum absolute atomic E-state index is 13.2. The Bertz CT molecular complexity index is 1140. The van der Waals surface area contributed by atoms with E-state index >= 15 is 0 Å². The number of carbonyl (C=O) groups is 2. The first kappa shape index (κ1) is 23.1. The average Bonchev–Trinajstić information content (AvgIpc) is 3.38. The third-order valence-corrected chi connectivity index (χ3v) is 7.51. The quantitative estimate of drug-likeness (QED) is 0.697. The lowest BCUT2D eigenvalue weighted by molar-refractivity contribution is 0.0720. The van der Waals surface area contributed by atoms with Gasteiger partial charge in [-0.2, -0.15) is 0 Å². The van der Waals surface area contributed by atoms with E-state index in [0.717, 1.165) is 32.1 Å². The maximum Gasteiger partial charge on any atom is 0.261 e. The molecule has 2 fully saturated rings. The molecule has 0 atom stereocenters. The number of nitrogens with one attached hydrogen (secondary N) is 1. The van der Waals surface area contributed by atoms with Crippen molar-refractivity contribution in [1.82, 2.24) is 9.80 Å². The molecule has 0 spiro atoms. The molecule has 0 aromatic heterocycles. The highest BCUT2D eigenvalue weighted by atomic mass is 32.2. The van der Waals surface area contributed by atoms with Crippen molar-refractivity contribution in [3.05, 3.63) is 53.6 Å². The van der Waals surface area contributed by atoms with Crippen LogP contribution in [0.3, 0.4) is 0 Å². The summed E-state index contributed by atoms with van der Waals surface area (Å²) in [6, 6.07) is 10.8. The van der Waals surface area contributed by atoms with E-state index in [1.54, 1.807) is 34.1 Å². The fourth-order valence-corrected chi connectivity index (χ4v) is 5.45. The zero-order valence-electron chi connectivity index (χ0n) is 18.7. The fraction of sp³-hybridized carbons (Fsp3) is 0.417. The number of anilines is 1. The van der Waals surface area contributed by atoms with Crippen LogP contribution in [0.4, 0.5) is 5.69 Å². The zero-order chi connectivity index (χ0) is 23.4. The molecule has 2 aliphatic heterocycles. The van der Waals surface area contributed by atoms with Crippen LogP contribution in [0.25, 0.3) is 0 Å². The summed E-state index contributed by atoms with van der Waals surface area (Å²) >= 11 is 0. The number of sulfonamides is 1. The highest BCUT2D eigenvalue weighted by Gasteiger charge is 2.27. The molecular formula is C24H29N3O5S. The summed E-state index contributed by atoms with van der Waals surface area (Å²) in [5.41, 5.74) is 0.735. The normalized spacial score (nSPS) is 16.5. The zero-order valence-corrected chi connectivity index (χ0v) is 19.6. The molecule has 4 rings (SSSR count). The van der Waals surface area contributed by atoms with Crippen LogP contribution < -0.4 is 9.46 Å². The molecule has 33 heavy (non-hydrogen) atoms. The molecule has 176 valence electrons. The third kappa shape index (κ3) is 4.98. The van der Waals surface area contributed by atoms with Crippen LogP contribution in [0.2, 0.25) is 0 Å². The average molecular weight is 472 g/mol. The predicted molar refractivity (Wildman–Crippen MR) is 125 cm³/mol. The number of nitrogens with zero attached hydrogens (tertiary/aromatic N) is 2. The van der Waals surface area contributed by atoms with Gasteiger partial charge in [0.25, 0.3) is 21.8 Å². The molecule has 0 saturated carbocycles. The summed E-state index contributed by atoms with van der Waals surface area (Å²) in [6.07, 6.45) is 4.82. The number of likely N-dealkylation sites (tertiary alicyclic amines) is 2. The van der Waals surface area contributed by atoms with Gasteiger partial charge in [0.15, 0.2) is 0 Å². The number of amides is 2. The molecule has 0 bridgehead atoms. The van der Waals surface area contributed by atoms with Crippen LogP contribution in [0.1, 0.15) is 52.8 Å². The van der Waals surface area contributed by atoms with E-state index in [0.29, 0.717) is 37.5 Å². The van der Waals surface area contributed by atoms with E-state index < -0.39 is 10.0 Å². The van der Waals surface area contributed by atoms with Crippen LogP contribution in [0.15, 0.2) is 47.4 Å². The number of para-hydroxylation sites is 1. The lowest BCUT2D eigenvalue weighted by Crippen LogP contribution is -2.35. The highest BCUT2D eigenvalue weighted by Crippen LogP contribution is 2.28. The Morgan fingerprint density at radius 2 is 1.39 bits per heavy atom. The largest absolute Gasteiger partial charge is 0.496 e. The van der Waals surface area contributed by atoms with Gasteiger partial charge < -0.3 is 14.5 Å². The number of piperidine rings is 1. The van der Waals surface area contributed by atoms with Crippen molar-refractivity contribution in [3.8, 4) is 5.75 Å².